The highest BCUT2D eigenvalue weighted by molar-refractivity contribution is 5.95. The highest BCUT2D eigenvalue weighted by Gasteiger charge is 2.15. The maximum atomic E-state index is 11.8. The second-order valence-corrected chi connectivity index (χ2v) is 4.98. The van der Waals surface area contributed by atoms with E-state index in [1.54, 1.807) is 24.3 Å². The second kappa shape index (κ2) is 6.91. The number of amides is 3. The lowest BCUT2D eigenvalue weighted by Gasteiger charge is -2.22. The van der Waals surface area contributed by atoms with E-state index in [0.717, 1.165) is 12.8 Å². The Morgan fingerprint density at radius 3 is 2.30 bits per heavy atom. The van der Waals surface area contributed by atoms with Crippen molar-refractivity contribution >= 4 is 17.6 Å². The monoisotopic (exact) mass is 276 g/mol. The quantitative estimate of drug-likeness (QED) is 0.384. The predicted molar refractivity (Wildman–Crippen MR) is 77.1 cm³/mol. The zero-order valence-electron chi connectivity index (χ0n) is 11.3. The van der Waals surface area contributed by atoms with Crippen molar-refractivity contribution in [1.29, 1.82) is 0 Å². The van der Waals surface area contributed by atoms with E-state index in [1.165, 1.54) is 19.3 Å². The lowest BCUT2D eigenvalue weighted by molar-refractivity contribution is 0.0953. The minimum Gasteiger partial charge on any atom is -0.335 e. The van der Waals surface area contributed by atoms with Crippen molar-refractivity contribution in [3.05, 3.63) is 29.8 Å². The molecule has 6 nitrogen and oxygen atoms in total. The number of carbonyl (C=O) groups excluding carboxylic acids is 2. The molecule has 1 fully saturated rings. The van der Waals surface area contributed by atoms with Gasteiger partial charge in [0.25, 0.3) is 5.91 Å². The molecule has 1 aromatic rings. The van der Waals surface area contributed by atoms with Gasteiger partial charge in [0.2, 0.25) is 0 Å². The molecule has 1 aromatic carbocycles. The van der Waals surface area contributed by atoms with E-state index >= 15 is 0 Å². The highest BCUT2D eigenvalue weighted by atomic mass is 16.2. The van der Waals surface area contributed by atoms with Crippen molar-refractivity contribution < 1.29 is 9.59 Å². The van der Waals surface area contributed by atoms with Crippen molar-refractivity contribution in [2.75, 3.05) is 5.32 Å². The van der Waals surface area contributed by atoms with Gasteiger partial charge in [0, 0.05) is 17.3 Å². The Balaban J connectivity index is 1.85. The summed E-state index contributed by atoms with van der Waals surface area (Å²) < 4.78 is 0. The van der Waals surface area contributed by atoms with Gasteiger partial charge in [-0.1, -0.05) is 19.3 Å². The molecule has 108 valence electrons. The lowest BCUT2D eigenvalue weighted by atomic mass is 9.96. The van der Waals surface area contributed by atoms with E-state index in [1.807, 2.05) is 0 Å². The lowest BCUT2D eigenvalue weighted by Crippen LogP contribution is -2.39. The van der Waals surface area contributed by atoms with Crippen molar-refractivity contribution in [3.63, 3.8) is 0 Å². The first-order chi connectivity index (χ1) is 9.69. The van der Waals surface area contributed by atoms with Crippen LogP contribution in [-0.4, -0.2) is 18.0 Å². The number of hydrazine groups is 1. The Morgan fingerprint density at radius 1 is 1.05 bits per heavy atom. The molecule has 0 radical (unpaired) electrons. The van der Waals surface area contributed by atoms with Crippen LogP contribution in [0.2, 0.25) is 0 Å². The van der Waals surface area contributed by atoms with Crippen LogP contribution in [0.5, 0.6) is 0 Å². The fraction of sp³-hybridized carbons (Fsp3) is 0.429. The number of nitrogens with two attached hydrogens (primary N) is 1. The molecule has 3 amide bonds. The number of carbonyl (C=O) groups is 2. The number of nitrogen functional groups attached to an aromatic ring is 1. The number of urea groups is 1. The van der Waals surface area contributed by atoms with E-state index in [4.69, 9.17) is 5.84 Å². The van der Waals surface area contributed by atoms with Gasteiger partial charge >= 0.3 is 6.03 Å². The number of anilines is 1. The number of rotatable bonds is 3. The van der Waals surface area contributed by atoms with Crippen LogP contribution in [-0.2, 0) is 0 Å². The summed E-state index contributed by atoms with van der Waals surface area (Å²) in [7, 11) is 0. The Morgan fingerprint density at radius 2 is 1.70 bits per heavy atom. The highest BCUT2D eigenvalue weighted by Crippen LogP contribution is 2.17. The topological polar surface area (TPSA) is 96.2 Å². The molecule has 20 heavy (non-hydrogen) atoms. The molecule has 0 aromatic heterocycles. The van der Waals surface area contributed by atoms with Crippen LogP contribution in [0.15, 0.2) is 24.3 Å². The van der Waals surface area contributed by atoms with Crippen LogP contribution in [0, 0.1) is 0 Å². The average molecular weight is 276 g/mol. The molecule has 1 aliphatic carbocycles. The summed E-state index contributed by atoms with van der Waals surface area (Å²) in [5.74, 6) is 4.69. The SMILES string of the molecule is NNC(=O)c1ccc(NC(=O)NC2CCCCC2)cc1. The van der Waals surface area contributed by atoms with Crippen LogP contribution in [0.1, 0.15) is 42.5 Å². The molecule has 1 aliphatic rings. The molecule has 0 heterocycles. The first-order valence-corrected chi connectivity index (χ1v) is 6.87. The molecule has 0 spiro atoms. The Labute approximate surface area is 118 Å². The number of benzene rings is 1. The molecular formula is C14H20N4O2. The van der Waals surface area contributed by atoms with E-state index in [2.05, 4.69) is 16.1 Å². The zero-order chi connectivity index (χ0) is 14.4. The predicted octanol–water partition coefficient (Wildman–Crippen LogP) is 1.74. The van der Waals surface area contributed by atoms with E-state index in [9.17, 15) is 9.59 Å². The third-order valence-electron chi connectivity index (χ3n) is 3.48. The molecule has 0 atom stereocenters. The van der Waals surface area contributed by atoms with Crippen molar-refractivity contribution in [1.82, 2.24) is 10.7 Å². The summed E-state index contributed by atoms with van der Waals surface area (Å²) in [4.78, 5) is 23.1. The number of hydrogen-bond donors (Lipinski definition) is 4. The van der Waals surface area contributed by atoms with Crippen LogP contribution in [0.3, 0.4) is 0 Å². The molecule has 0 aliphatic heterocycles. The summed E-state index contributed by atoms with van der Waals surface area (Å²) >= 11 is 0. The Hall–Kier alpha value is -2.08. The van der Waals surface area contributed by atoms with Gasteiger partial charge in [0.15, 0.2) is 0 Å². The standard InChI is InChI=1S/C14H20N4O2/c15-18-13(19)10-6-8-12(9-7-10)17-14(20)16-11-4-2-1-3-5-11/h6-9,11H,1-5,15H2,(H,18,19)(H2,16,17,20). The van der Waals surface area contributed by atoms with Gasteiger partial charge in [-0.3, -0.25) is 10.2 Å². The van der Waals surface area contributed by atoms with Crippen LogP contribution in [0.4, 0.5) is 10.5 Å². The summed E-state index contributed by atoms with van der Waals surface area (Å²) in [6, 6.07) is 6.63. The molecular weight excluding hydrogens is 256 g/mol. The van der Waals surface area contributed by atoms with Crippen molar-refractivity contribution in [3.8, 4) is 0 Å². The van der Waals surface area contributed by atoms with Gasteiger partial charge in [-0.25, -0.2) is 10.6 Å². The Kier molecular flexibility index (Phi) is 4.95. The third kappa shape index (κ3) is 3.96. The summed E-state index contributed by atoms with van der Waals surface area (Å²) in [5, 5.41) is 5.73. The van der Waals surface area contributed by atoms with Gasteiger partial charge in [0.1, 0.15) is 0 Å². The maximum absolute atomic E-state index is 11.8. The fourth-order valence-electron chi connectivity index (χ4n) is 2.39. The molecule has 0 unspecified atom stereocenters. The minimum absolute atomic E-state index is 0.201. The largest absolute Gasteiger partial charge is 0.335 e. The summed E-state index contributed by atoms with van der Waals surface area (Å²) in [6.45, 7) is 0. The third-order valence-corrected chi connectivity index (χ3v) is 3.48. The van der Waals surface area contributed by atoms with Gasteiger partial charge in [-0.05, 0) is 37.1 Å². The first kappa shape index (κ1) is 14.3. The zero-order valence-corrected chi connectivity index (χ0v) is 11.3. The van der Waals surface area contributed by atoms with Gasteiger partial charge < -0.3 is 10.6 Å². The summed E-state index contributed by atoms with van der Waals surface area (Å²) in [6.07, 6.45) is 5.69. The number of hydrogen-bond acceptors (Lipinski definition) is 3. The second-order valence-electron chi connectivity index (χ2n) is 4.98. The van der Waals surface area contributed by atoms with E-state index in [0.29, 0.717) is 11.3 Å². The van der Waals surface area contributed by atoms with Gasteiger partial charge in [-0.15, -0.1) is 0 Å². The van der Waals surface area contributed by atoms with E-state index < -0.39 is 0 Å². The molecule has 2 rings (SSSR count). The molecule has 0 saturated heterocycles. The molecule has 6 heteroatoms. The molecule has 0 bridgehead atoms. The van der Waals surface area contributed by atoms with Crippen molar-refractivity contribution in [2.45, 2.75) is 38.1 Å². The molecule has 1 saturated carbocycles. The maximum Gasteiger partial charge on any atom is 0.319 e. The number of nitrogens with one attached hydrogen (secondary N) is 3. The van der Waals surface area contributed by atoms with Crippen LogP contribution in [0.25, 0.3) is 0 Å². The van der Waals surface area contributed by atoms with Crippen LogP contribution >= 0.6 is 0 Å². The normalized spacial score (nSPS) is 15.4. The Bertz CT molecular complexity index is 467. The molecule has 5 N–H and O–H groups in total. The van der Waals surface area contributed by atoms with Gasteiger partial charge in [0.05, 0.1) is 0 Å². The van der Waals surface area contributed by atoms with Gasteiger partial charge in [-0.2, -0.15) is 0 Å². The summed E-state index contributed by atoms with van der Waals surface area (Å²) in [5.41, 5.74) is 3.15. The minimum atomic E-state index is -0.358. The first-order valence-electron chi connectivity index (χ1n) is 6.87. The van der Waals surface area contributed by atoms with Crippen molar-refractivity contribution in [2.24, 2.45) is 5.84 Å². The van der Waals surface area contributed by atoms with Crippen LogP contribution < -0.4 is 21.9 Å². The average Bonchev–Trinajstić information content (AvgIpc) is 2.48. The smallest absolute Gasteiger partial charge is 0.319 e. The fourth-order valence-corrected chi connectivity index (χ4v) is 2.39. The van der Waals surface area contributed by atoms with E-state index in [-0.39, 0.29) is 18.0 Å².